The lowest BCUT2D eigenvalue weighted by atomic mass is 10.0. The minimum atomic E-state index is -4.60. The predicted octanol–water partition coefficient (Wildman–Crippen LogP) is 4.46. The molecule has 1 aliphatic rings. The summed E-state index contributed by atoms with van der Waals surface area (Å²) in [5.41, 5.74) is 1.09. The summed E-state index contributed by atoms with van der Waals surface area (Å²) in [6, 6.07) is 14.3. The minimum Gasteiger partial charge on any atom is -0.326 e. The van der Waals surface area contributed by atoms with Crippen LogP contribution in [0.4, 0.5) is 35.0 Å². The number of halogens is 3. The molecule has 0 aliphatic carbocycles. The maximum atomic E-state index is 13.2. The fourth-order valence-electron chi connectivity index (χ4n) is 4.08. The molecule has 0 saturated carbocycles. The Bertz CT molecular complexity index is 1430. The van der Waals surface area contributed by atoms with Gasteiger partial charge in [0.15, 0.2) is 0 Å². The van der Waals surface area contributed by atoms with Crippen molar-refractivity contribution in [1.82, 2.24) is 10.3 Å². The van der Waals surface area contributed by atoms with Crippen molar-refractivity contribution >= 4 is 39.0 Å². The third-order valence-corrected chi connectivity index (χ3v) is 6.34. The van der Waals surface area contributed by atoms with Crippen LogP contribution in [0.15, 0.2) is 66.9 Å². The van der Waals surface area contributed by atoms with Crippen LogP contribution in [0.2, 0.25) is 0 Å². The summed E-state index contributed by atoms with van der Waals surface area (Å²) in [4.78, 5) is 30.4. The van der Waals surface area contributed by atoms with E-state index in [-0.39, 0.29) is 5.69 Å². The first-order valence-corrected chi connectivity index (χ1v) is 13.4. The molecule has 0 spiro atoms. The van der Waals surface area contributed by atoms with E-state index in [0.717, 1.165) is 30.1 Å². The zero-order chi connectivity index (χ0) is 27.5. The fraction of sp³-hybridized carbons (Fsp3) is 0.240. The molecule has 0 bridgehead atoms. The molecule has 1 aliphatic heterocycles. The summed E-state index contributed by atoms with van der Waals surface area (Å²) in [5, 5.41) is 4.93. The second-order valence-electron chi connectivity index (χ2n) is 8.68. The van der Waals surface area contributed by atoms with Crippen LogP contribution in [-0.4, -0.2) is 44.2 Å². The van der Waals surface area contributed by atoms with E-state index < -0.39 is 39.9 Å². The van der Waals surface area contributed by atoms with E-state index >= 15 is 0 Å². The monoisotopic (exact) mass is 547 g/mol. The van der Waals surface area contributed by atoms with E-state index in [4.69, 9.17) is 0 Å². The van der Waals surface area contributed by atoms with Crippen molar-refractivity contribution in [2.45, 2.75) is 25.1 Å². The maximum Gasteiger partial charge on any atom is 0.433 e. The molecule has 1 fully saturated rings. The normalized spacial score (nSPS) is 16.2. The van der Waals surface area contributed by atoms with Crippen molar-refractivity contribution in [3.8, 4) is 11.1 Å². The lowest BCUT2D eigenvalue weighted by molar-refractivity contribution is -0.141. The summed E-state index contributed by atoms with van der Waals surface area (Å²) in [6.07, 6.45) is -1.79. The van der Waals surface area contributed by atoms with Crippen molar-refractivity contribution in [2.75, 3.05) is 27.7 Å². The van der Waals surface area contributed by atoms with Gasteiger partial charge in [-0.3, -0.25) is 9.52 Å². The van der Waals surface area contributed by atoms with Gasteiger partial charge in [0.2, 0.25) is 15.9 Å². The fourth-order valence-corrected chi connectivity index (χ4v) is 4.65. The van der Waals surface area contributed by atoms with Gasteiger partial charge >= 0.3 is 12.2 Å². The van der Waals surface area contributed by atoms with Crippen LogP contribution in [0.25, 0.3) is 11.1 Å². The Labute approximate surface area is 217 Å². The highest BCUT2D eigenvalue weighted by atomic mass is 32.2. The highest BCUT2D eigenvalue weighted by Crippen LogP contribution is 2.34. The van der Waals surface area contributed by atoms with Crippen molar-refractivity contribution in [1.29, 1.82) is 0 Å². The van der Waals surface area contributed by atoms with E-state index in [1.54, 1.807) is 18.2 Å². The summed E-state index contributed by atoms with van der Waals surface area (Å²) >= 11 is 0. The summed E-state index contributed by atoms with van der Waals surface area (Å²) in [7, 11) is -3.62. The van der Waals surface area contributed by atoms with Crippen molar-refractivity contribution in [3.05, 3.63) is 72.6 Å². The molecule has 0 unspecified atom stereocenters. The van der Waals surface area contributed by atoms with Gasteiger partial charge in [-0.25, -0.2) is 18.2 Å². The Morgan fingerprint density at radius 3 is 2.45 bits per heavy atom. The first-order valence-electron chi connectivity index (χ1n) is 11.5. The van der Waals surface area contributed by atoms with Gasteiger partial charge in [-0.2, -0.15) is 13.2 Å². The van der Waals surface area contributed by atoms with Crippen molar-refractivity contribution in [3.63, 3.8) is 0 Å². The number of hydrogen-bond acceptors (Lipinski definition) is 5. The molecule has 2 heterocycles. The molecule has 9 nitrogen and oxygen atoms in total. The quantitative estimate of drug-likeness (QED) is 0.421. The number of alkyl halides is 3. The molecule has 13 heteroatoms. The Balaban J connectivity index is 1.50. The third-order valence-electron chi connectivity index (χ3n) is 5.75. The lowest BCUT2D eigenvalue weighted by Crippen LogP contribution is -2.53. The lowest BCUT2D eigenvalue weighted by Gasteiger charge is -2.33. The molecule has 3 aromatic rings. The number of benzene rings is 2. The van der Waals surface area contributed by atoms with E-state index in [2.05, 4.69) is 20.3 Å². The zero-order valence-electron chi connectivity index (χ0n) is 20.1. The first-order chi connectivity index (χ1) is 17.9. The van der Waals surface area contributed by atoms with Crippen molar-refractivity contribution < 1.29 is 31.2 Å². The number of nitrogens with one attached hydrogen (secondary N) is 3. The van der Waals surface area contributed by atoms with Crippen LogP contribution in [0.5, 0.6) is 0 Å². The first kappa shape index (κ1) is 26.9. The number of anilines is 3. The topological polar surface area (TPSA) is 120 Å². The molecule has 38 heavy (non-hydrogen) atoms. The van der Waals surface area contributed by atoms with Crippen molar-refractivity contribution in [2.24, 2.45) is 0 Å². The maximum absolute atomic E-state index is 13.2. The number of sulfonamides is 1. The van der Waals surface area contributed by atoms with Gasteiger partial charge in [0, 0.05) is 17.8 Å². The number of piperidine rings is 1. The van der Waals surface area contributed by atoms with Gasteiger partial charge in [-0.05, 0) is 42.7 Å². The summed E-state index contributed by atoms with van der Waals surface area (Å²) in [6.45, 7) is 0.352. The van der Waals surface area contributed by atoms with E-state index in [1.165, 1.54) is 4.90 Å². The number of rotatable bonds is 6. The average molecular weight is 548 g/mol. The number of hydrogen-bond donors (Lipinski definition) is 3. The predicted molar refractivity (Wildman–Crippen MR) is 137 cm³/mol. The molecule has 1 atom stereocenters. The number of urea groups is 1. The molecule has 1 saturated heterocycles. The van der Waals surface area contributed by atoms with Gasteiger partial charge in [-0.15, -0.1) is 0 Å². The third kappa shape index (κ3) is 6.59. The number of amides is 3. The number of nitrogens with zero attached hydrogens (tertiary/aromatic N) is 2. The van der Waals surface area contributed by atoms with E-state index in [0.29, 0.717) is 36.3 Å². The highest BCUT2D eigenvalue weighted by Gasteiger charge is 2.33. The molecule has 4 rings (SSSR count). The molecule has 3 amide bonds. The molecule has 0 radical (unpaired) electrons. The Hall–Kier alpha value is -4.13. The van der Waals surface area contributed by atoms with Gasteiger partial charge < -0.3 is 15.5 Å². The molecular formula is C25H24F3N5O4S. The molecule has 200 valence electrons. The number of pyridine rings is 1. The number of carbonyl (C=O) groups is 2. The minimum absolute atomic E-state index is 0.0311. The van der Waals surface area contributed by atoms with Gasteiger partial charge in [0.1, 0.15) is 11.7 Å². The van der Waals surface area contributed by atoms with Crippen LogP contribution < -0.4 is 20.3 Å². The van der Waals surface area contributed by atoms with Crippen LogP contribution in [0.3, 0.4) is 0 Å². The largest absolute Gasteiger partial charge is 0.433 e. The van der Waals surface area contributed by atoms with Crippen LogP contribution in [0.1, 0.15) is 18.5 Å². The molecular weight excluding hydrogens is 523 g/mol. The van der Waals surface area contributed by atoms with Crippen LogP contribution >= 0.6 is 0 Å². The van der Waals surface area contributed by atoms with Crippen LogP contribution in [0, 0.1) is 0 Å². The molecule has 2 aromatic carbocycles. The standard InChI is InChI=1S/C25H24F3N5O4S/c1-38(36,37)32-21-14-18(10-11-19(21)16-6-3-2-4-7-16)33-13-5-8-20(23(33)34)31-24(35)30-17-9-12-22(29-15-17)25(26,27)28/h2-4,6-7,9-12,14-15,20,32H,5,8,13H2,1H3,(H2,30,31,35)/t20-/m1/s1. The van der Waals surface area contributed by atoms with E-state index in [1.807, 2.05) is 30.3 Å². The molecule has 3 N–H and O–H groups in total. The summed E-state index contributed by atoms with van der Waals surface area (Å²) in [5.74, 6) is -0.408. The highest BCUT2D eigenvalue weighted by molar-refractivity contribution is 7.92. The second kappa shape index (κ2) is 10.7. The van der Waals surface area contributed by atoms with Gasteiger partial charge in [0.05, 0.1) is 23.8 Å². The Kier molecular flexibility index (Phi) is 7.58. The number of aromatic nitrogens is 1. The molecule has 1 aromatic heterocycles. The smallest absolute Gasteiger partial charge is 0.326 e. The SMILES string of the molecule is CS(=O)(=O)Nc1cc(N2CCC[C@@H](NC(=O)Nc3ccc(C(F)(F)F)nc3)C2=O)ccc1-c1ccccc1. The van der Waals surface area contributed by atoms with Gasteiger partial charge in [0.25, 0.3) is 0 Å². The van der Waals surface area contributed by atoms with Gasteiger partial charge in [-0.1, -0.05) is 36.4 Å². The Morgan fingerprint density at radius 1 is 1.08 bits per heavy atom. The van der Waals surface area contributed by atoms with E-state index in [9.17, 15) is 31.2 Å². The Morgan fingerprint density at radius 2 is 1.82 bits per heavy atom. The number of carbonyl (C=O) groups excluding carboxylic acids is 2. The average Bonchev–Trinajstić information content (AvgIpc) is 2.84. The second-order valence-corrected chi connectivity index (χ2v) is 10.4. The summed E-state index contributed by atoms with van der Waals surface area (Å²) < 4.78 is 64.6. The zero-order valence-corrected chi connectivity index (χ0v) is 20.9. The van der Waals surface area contributed by atoms with Crippen LogP contribution in [-0.2, 0) is 21.0 Å².